The van der Waals surface area contributed by atoms with Crippen LogP contribution >= 0.6 is 0 Å². The number of halogens is 4. The number of sulfone groups is 1. The Morgan fingerprint density at radius 3 is 2.04 bits per heavy atom. The molecule has 8 heteroatoms. The van der Waals surface area contributed by atoms with E-state index in [1.165, 1.54) is 25.1 Å². The van der Waals surface area contributed by atoms with E-state index in [-0.39, 0.29) is 10.6 Å². The van der Waals surface area contributed by atoms with Crippen molar-refractivity contribution in [2.24, 2.45) is 0 Å². The average Bonchev–Trinajstić information content (AvgIpc) is 3.04. The number of aryl methyl sites for hydroxylation is 1. The molecule has 0 saturated carbocycles. The van der Waals surface area contributed by atoms with Gasteiger partial charge in [0.05, 0.1) is 0 Å². The van der Waals surface area contributed by atoms with Crippen molar-refractivity contribution in [2.45, 2.75) is 37.4 Å². The molecule has 0 spiro atoms. The van der Waals surface area contributed by atoms with Gasteiger partial charge in [0, 0.05) is 6.26 Å². The zero-order valence-corrected chi connectivity index (χ0v) is 16.0. The highest BCUT2D eigenvalue weighted by molar-refractivity contribution is 7.90. The van der Waals surface area contributed by atoms with Crippen molar-refractivity contribution >= 4 is 21.0 Å². The van der Waals surface area contributed by atoms with E-state index in [9.17, 15) is 26.0 Å². The molecule has 150 valence electrons. The fourth-order valence-corrected chi connectivity index (χ4v) is 4.17. The molecule has 0 radical (unpaired) electrons. The lowest BCUT2D eigenvalue weighted by Gasteiger charge is -2.14. The monoisotopic (exact) mass is 414 g/mol. The van der Waals surface area contributed by atoms with E-state index >= 15 is 0 Å². The zero-order valence-electron chi connectivity index (χ0n) is 15.2. The summed E-state index contributed by atoms with van der Waals surface area (Å²) in [6.07, 6.45) is -1.63. The van der Waals surface area contributed by atoms with Gasteiger partial charge in [-0.25, -0.2) is 12.8 Å². The SMILES string of the molecule is Cc1cc(C2=C(c3ccc(S(C)(=O)=O)c(F)c3)CCC2)ccc1OC(F)(F)F. The minimum absolute atomic E-state index is 0.264. The van der Waals surface area contributed by atoms with Crippen LogP contribution in [0.25, 0.3) is 11.1 Å². The molecule has 0 saturated heterocycles. The van der Waals surface area contributed by atoms with Gasteiger partial charge in [-0.1, -0.05) is 12.1 Å². The van der Waals surface area contributed by atoms with Crippen molar-refractivity contribution in [2.75, 3.05) is 6.26 Å². The highest BCUT2D eigenvalue weighted by Crippen LogP contribution is 2.41. The lowest BCUT2D eigenvalue weighted by atomic mass is 9.96. The number of ether oxygens (including phenoxy) is 1. The van der Waals surface area contributed by atoms with Crippen LogP contribution in [0.4, 0.5) is 17.6 Å². The predicted octanol–water partition coefficient (Wildman–Crippen LogP) is 5.53. The maximum Gasteiger partial charge on any atom is 0.573 e. The molecule has 2 aromatic carbocycles. The Bertz CT molecular complexity index is 1050. The number of alkyl halides is 3. The van der Waals surface area contributed by atoms with Gasteiger partial charge in [-0.3, -0.25) is 0 Å². The van der Waals surface area contributed by atoms with Crippen molar-refractivity contribution in [1.29, 1.82) is 0 Å². The Kier molecular flexibility index (Phi) is 5.27. The van der Waals surface area contributed by atoms with Crippen molar-refractivity contribution in [3.05, 3.63) is 58.9 Å². The molecular formula is C20H18F4O3S. The Hall–Kier alpha value is -2.35. The Balaban J connectivity index is 2.01. The highest BCUT2D eigenvalue weighted by Gasteiger charge is 2.32. The first kappa shape index (κ1) is 20.4. The van der Waals surface area contributed by atoms with Crippen molar-refractivity contribution in [3.63, 3.8) is 0 Å². The maximum atomic E-state index is 14.3. The van der Waals surface area contributed by atoms with Crippen LogP contribution in [0, 0.1) is 12.7 Å². The third kappa shape index (κ3) is 4.38. The first-order valence-corrected chi connectivity index (χ1v) is 10.4. The quantitative estimate of drug-likeness (QED) is 0.618. The molecule has 0 unspecified atom stereocenters. The molecule has 0 atom stereocenters. The molecule has 1 aliphatic rings. The van der Waals surface area contributed by atoms with Crippen LogP contribution in [0.1, 0.15) is 36.0 Å². The lowest BCUT2D eigenvalue weighted by molar-refractivity contribution is -0.274. The summed E-state index contributed by atoms with van der Waals surface area (Å²) in [7, 11) is -3.66. The van der Waals surface area contributed by atoms with Crippen LogP contribution in [-0.2, 0) is 9.84 Å². The van der Waals surface area contributed by atoms with Crippen LogP contribution in [0.15, 0.2) is 41.3 Å². The van der Waals surface area contributed by atoms with Crippen LogP contribution in [-0.4, -0.2) is 21.0 Å². The van der Waals surface area contributed by atoms with Crippen LogP contribution in [0.3, 0.4) is 0 Å². The van der Waals surface area contributed by atoms with Crippen LogP contribution in [0.2, 0.25) is 0 Å². The van der Waals surface area contributed by atoms with E-state index in [1.807, 2.05) is 0 Å². The minimum Gasteiger partial charge on any atom is -0.406 e. The summed E-state index contributed by atoms with van der Waals surface area (Å²) in [5, 5.41) is 0. The van der Waals surface area contributed by atoms with Gasteiger partial charge in [0.1, 0.15) is 16.5 Å². The third-order valence-corrected chi connectivity index (χ3v) is 5.78. The molecule has 1 aliphatic carbocycles. The van der Waals surface area contributed by atoms with Gasteiger partial charge in [-0.15, -0.1) is 13.2 Å². The normalized spacial score (nSPS) is 15.2. The summed E-state index contributed by atoms with van der Waals surface area (Å²) in [6, 6.07) is 8.45. The first-order valence-electron chi connectivity index (χ1n) is 8.54. The second-order valence-corrected chi connectivity index (χ2v) is 8.74. The molecule has 0 amide bonds. The van der Waals surface area contributed by atoms with Gasteiger partial charge in [-0.2, -0.15) is 0 Å². The predicted molar refractivity (Wildman–Crippen MR) is 98.0 cm³/mol. The Labute approximate surface area is 160 Å². The van der Waals surface area contributed by atoms with Gasteiger partial charge in [0.2, 0.25) is 0 Å². The molecule has 0 aromatic heterocycles. The van der Waals surface area contributed by atoms with E-state index in [1.54, 1.807) is 18.2 Å². The van der Waals surface area contributed by atoms with Crippen molar-refractivity contribution < 1.29 is 30.7 Å². The van der Waals surface area contributed by atoms with E-state index in [4.69, 9.17) is 0 Å². The number of allylic oxidation sites excluding steroid dienone is 2. The molecule has 0 fully saturated rings. The summed E-state index contributed by atoms with van der Waals surface area (Å²) in [4.78, 5) is -0.360. The van der Waals surface area contributed by atoms with Crippen molar-refractivity contribution in [3.8, 4) is 5.75 Å². The van der Waals surface area contributed by atoms with E-state index < -0.39 is 22.0 Å². The summed E-state index contributed by atoms with van der Waals surface area (Å²) in [5.74, 6) is -1.08. The number of hydrogen-bond donors (Lipinski definition) is 0. The van der Waals surface area contributed by atoms with Gasteiger partial charge >= 0.3 is 6.36 Å². The second kappa shape index (κ2) is 7.24. The number of benzene rings is 2. The molecule has 2 aromatic rings. The fourth-order valence-electron chi connectivity index (χ4n) is 3.45. The fraction of sp³-hybridized carbons (Fsp3) is 0.300. The Morgan fingerprint density at radius 1 is 0.964 bits per heavy atom. The molecule has 0 N–H and O–H groups in total. The Morgan fingerprint density at radius 2 is 1.54 bits per heavy atom. The molecular weight excluding hydrogens is 396 g/mol. The third-order valence-electron chi connectivity index (χ3n) is 4.65. The highest BCUT2D eigenvalue weighted by atomic mass is 32.2. The first-order chi connectivity index (χ1) is 13.0. The summed E-state index contributed by atoms with van der Waals surface area (Å²) >= 11 is 0. The van der Waals surface area contributed by atoms with Gasteiger partial charge in [0.15, 0.2) is 9.84 Å². The molecule has 0 aliphatic heterocycles. The second-order valence-electron chi connectivity index (χ2n) is 6.76. The van der Waals surface area contributed by atoms with Crippen LogP contribution in [0.5, 0.6) is 5.75 Å². The largest absolute Gasteiger partial charge is 0.573 e. The number of hydrogen-bond acceptors (Lipinski definition) is 3. The van der Waals surface area contributed by atoms with Crippen LogP contribution < -0.4 is 4.74 Å². The van der Waals surface area contributed by atoms with Gasteiger partial charge in [-0.05, 0) is 78.3 Å². The molecule has 3 nitrogen and oxygen atoms in total. The summed E-state index contributed by atoms with van der Waals surface area (Å²) < 4.78 is 78.8. The van der Waals surface area contributed by atoms with E-state index in [0.29, 0.717) is 24.0 Å². The summed E-state index contributed by atoms with van der Waals surface area (Å²) in [6.45, 7) is 1.53. The molecule has 0 heterocycles. The van der Waals surface area contributed by atoms with E-state index in [0.717, 1.165) is 29.4 Å². The van der Waals surface area contributed by atoms with Gasteiger partial charge < -0.3 is 4.74 Å². The minimum atomic E-state index is -4.76. The maximum absolute atomic E-state index is 14.3. The van der Waals surface area contributed by atoms with E-state index in [2.05, 4.69) is 4.74 Å². The topological polar surface area (TPSA) is 43.4 Å². The molecule has 28 heavy (non-hydrogen) atoms. The molecule has 0 bridgehead atoms. The average molecular weight is 414 g/mol. The standard InChI is InChI=1S/C20H18F4O3S/c1-12-10-13(6-8-18(12)27-20(22,23)24)15-4-3-5-16(15)14-7-9-19(17(21)11-14)28(2,25)26/h6-11H,3-5H2,1-2H3. The van der Waals surface area contributed by atoms with Crippen molar-refractivity contribution in [1.82, 2.24) is 0 Å². The lowest BCUT2D eigenvalue weighted by Crippen LogP contribution is -2.17. The summed E-state index contributed by atoms with van der Waals surface area (Å²) in [5.41, 5.74) is 3.43. The number of rotatable bonds is 4. The smallest absolute Gasteiger partial charge is 0.406 e. The van der Waals surface area contributed by atoms with Gasteiger partial charge in [0.25, 0.3) is 0 Å². The molecule has 3 rings (SSSR count). The zero-order chi connectivity index (χ0) is 20.7.